The Morgan fingerprint density at radius 1 is 1.05 bits per heavy atom. The lowest BCUT2D eigenvalue weighted by atomic mass is 10.1. The van der Waals surface area contributed by atoms with Gasteiger partial charge in [0.15, 0.2) is 0 Å². The van der Waals surface area contributed by atoms with Gasteiger partial charge in [0.05, 0.1) is 0 Å². The van der Waals surface area contributed by atoms with Crippen LogP contribution in [-0.4, -0.2) is 35.6 Å². The van der Waals surface area contributed by atoms with E-state index in [0.717, 1.165) is 0 Å². The van der Waals surface area contributed by atoms with Crippen molar-refractivity contribution in [3.05, 3.63) is 0 Å². The van der Waals surface area contributed by atoms with E-state index in [0.29, 0.717) is 6.29 Å². The first-order valence-electron chi connectivity index (χ1n) is 6.10. The third-order valence-electron chi connectivity index (χ3n) is 1.71. The highest BCUT2D eigenvalue weighted by Gasteiger charge is 2.28. The van der Waals surface area contributed by atoms with Gasteiger partial charge in [-0.1, -0.05) is 0 Å². The number of carbonyl (C=O) groups excluding carboxylic acids is 3. The minimum atomic E-state index is -1.04. The van der Waals surface area contributed by atoms with Crippen LogP contribution in [-0.2, 0) is 19.1 Å². The average Bonchev–Trinajstić information content (AvgIpc) is 2.10. The lowest BCUT2D eigenvalue weighted by Gasteiger charge is -2.25. The van der Waals surface area contributed by atoms with Gasteiger partial charge in [-0.2, -0.15) is 0 Å². The third-order valence-corrected chi connectivity index (χ3v) is 1.71. The van der Waals surface area contributed by atoms with Crippen LogP contribution in [0.5, 0.6) is 0 Å². The number of esters is 1. The molecule has 0 bridgehead atoms. The Kier molecular flexibility index (Phi) is 5.99. The fraction of sp³-hybridized carbons (Fsp3) is 0.769. The largest absolute Gasteiger partial charge is 0.458 e. The zero-order valence-corrected chi connectivity index (χ0v) is 12.4. The highest BCUT2D eigenvalue weighted by Crippen LogP contribution is 2.11. The highest BCUT2D eigenvalue weighted by molar-refractivity contribution is 5.84. The summed E-state index contributed by atoms with van der Waals surface area (Å²) >= 11 is 0. The zero-order valence-electron chi connectivity index (χ0n) is 12.4. The predicted octanol–water partition coefficient (Wildman–Crippen LogP) is 1.81. The number of aldehydes is 1. The lowest BCUT2D eigenvalue weighted by molar-refractivity contribution is -0.158. The van der Waals surface area contributed by atoms with Crippen LogP contribution in [0.15, 0.2) is 0 Å². The van der Waals surface area contributed by atoms with Crippen molar-refractivity contribution in [2.45, 2.75) is 65.2 Å². The molecule has 0 heterocycles. The second kappa shape index (κ2) is 6.54. The molecule has 0 radical (unpaired) electrons. The Morgan fingerprint density at radius 3 is 1.89 bits per heavy atom. The first-order chi connectivity index (χ1) is 8.44. The van der Waals surface area contributed by atoms with Gasteiger partial charge in [-0.05, 0) is 41.5 Å². The van der Waals surface area contributed by atoms with E-state index >= 15 is 0 Å². The number of amides is 1. The zero-order chi connectivity index (χ0) is 15.3. The van der Waals surface area contributed by atoms with Crippen LogP contribution in [0.3, 0.4) is 0 Å². The Hall–Kier alpha value is -1.59. The van der Waals surface area contributed by atoms with Crippen LogP contribution < -0.4 is 5.32 Å². The Morgan fingerprint density at radius 2 is 1.53 bits per heavy atom. The summed E-state index contributed by atoms with van der Waals surface area (Å²) in [6.45, 7) is 10.2. The average molecular weight is 273 g/mol. The fourth-order valence-electron chi connectivity index (χ4n) is 1.13. The number of rotatable bonds is 4. The molecule has 0 aliphatic carbocycles. The van der Waals surface area contributed by atoms with Gasteiger partial charge in [-0.3, -0.25) is 0 Å². The topological polar surface area (TPSA) is 81.7 Å². The Labute approximate surface area is 113 Å². The van der Waals surface area contributed by atoms with E-state index < -0.39 is 29.3 Å². The molecule has 6 heteroatoms. The molecule has 0 aromatic rings. The molecule has 1 N–H and O–H groups in total. The van der Waals surface area contributed by atoms with Gasteiger partial charge in [0.2, 0.25) is 0 Å². The Balaban J connectivity index is 4.61. The van der Waals surface area contributed by atoms with E-state index in [2.05, 4.69) is 5.32 Å². The number of ether oxygens (including phenoxy) is 2. The molecule has 0 spiro atoms. The van der Waals surface area contributed by atoms with Crippen LogP contribution in [0, 0.1) is 0 Å². The van der Waals surface area contributed by atoms with E-state index in [-0.39, 0.29) is 6.42 Å². The number of hydrogen-bond acceptors (Lipinski definition) is 5. The summed E-state index contributed by atoms with van der Waals surface area (Å²) in [4.78, 5) is 33.9. The van der Waals surface area contributed by atoms with Crippen molar-refractivity contribution < 1.29 is 23.9 Å². The SMILES string of the molecule is CC(C)(C)OC(=O)N[C@H](CC=O)C(=O)OC(C)(C)C. The van der Waals surface area contributed by atoms with Crippen molar-refractivity contribution in [3.63, 3.8) is 0 Å². The molecule has 0 aromatic carbocycles. The molecule has 19 heavy (non-hydrogen) atoms. The van der Waals surface area contributed by atoms with Crippen LogP contribution in [0.4, 0.5) is 4.79 Å². The maximum atomic E-state index is 11.8. The monoisotopic (exact) mass is 273 g/mol. The fourth-order valence-corrected chi connectivity index (χ4v) is 1.13. The third kappa shape index (κ3) is 9.04. The predicted molar refractivity (Wildman–Crippen MR) is 69.7 cm³/mol. The molecule has 110 valence electrons. The summed E-state index contributed by atoms with van der Waals surface area (Å²) in [5.41, 5.74) is -1.36. The van der Waals surface area contributed by atoms with Crippen LogP contribution >= 0.6 is 0 Å². The van der Waals surface area contributed by atoms with Gasteiger partial charge in [-0.15, -0.1) is 0 Å². The normalized spacial score (nSPS) is 13.4. The molecular weight excluding hydrogens is 250 g/mol. The second-order valence-electron chi connectivity index (χ2n) is 6.13. The molecule has 0 aromatic heterocycles. The van der Waals surface area contributed by atoms with Crippen molar-refractivity contribution >= 4 is 18.3 Å². The summed E-state index contributed by atoms with van der Waals surface area (Å²) in [7, 11) is 0. The number of hydrogen-bond donors (Lipinski definition) is 1. The van der Waals surface area contributed by atoms with Gasteiger partial charge in [0, 0.05) is 6.42 Å². The molecule has 0 rings (SSSR count). The van der Waals surface area contributed by atoms with Crippen molar-refractivity contribution in [2.24, 2.45) is 0 Å². The van der Waals surface area contributed by atoms with Crippen molar-refractivity contribution in [1.82, 2.24) is 5.32 Å². The van der Waals surface area contributed by atoms with Crippen molar-refractivity contribution in [1.29, 1.82) is 0 Å². The van der Waals surface area contributed by atoms with E-state index in [1.54, 1.807) is 41.5 Å². The first-order valence-corrected chi connectivity index (χ1v) is 6.10. The summed E-state index contributed by atoms with van der Waals surface area (Å²) < 4.78 is 10.1. The maximum absolute atomic E-state index is 11.8. The van der Waals surface area contributed by atoms with Gasteiger partial charge in [-0.25, -0.2) is 9.59 Å². The molecule has 0 saturated carbocycles. The van der Waals surface area contributed by atoms with Gasteiger partial charge in [0.1, 0.15) is 23.5 Å². The van der Waals surface area contributed by atoms with Crippen molar-refractivity contribution in [2.75, 3.05) is 0 Å². The number of alkyl carbamates (subject to hydrolysis) is 1. The van der Waals surface area contributed by atoms with E-state index in [1.165, 1.54) is 0 Å². The molecule has 1 atom stereocenters. The summed E-state index contributed by atoms with van der Waals surface area (Å²) in [5, 5.41) is 2.33. The number of carbonyl (C=O) groups is 3. The molecule has 0 aliphatic rings. The summed E-state index contributed by atoms with van der Waals surface area (Å²) in [6.07, 6.45) is -0.370. The summed E-state index contributed by atoms with van der Waals surface area (Å²) in [6, 6.07) is -1.04. The molecule has 1 amide bonds. The number of nitrogens with one attached hydrogen (secondary N) is 1. The lowest BCUT2D eigenvalue weighted by Crippen LogP contribution is -2.46. The maximum Gasteiger partial charge on any atom is 0.408 e. The molecule has 6 nitrogen and oxygen atoms in total. The minimum Gasteiger partial charge on any atom is -0.458 e. The van der Waals surface area contributed by atoms with Gasteiger partial charge < -0.3 is 19.6 Å². The summed E-state index contributed by atoms with van der Waals surface area (Å²) in [5.74, 6) is -0.662. The Bertz CT molecular complexity index is 338. The first kappa shape index (κ1) is 17.4. The van der Waals surface area contributed by atoms with Gasteiger partial charge >= 0.3 is 12.1 Å². The molecule has 0 fully saturated rings. The van der Waals surface area contributed by atoms with Gasteiger partial charge in [0.25, 0.3) is 0 Å². The van der Waals surface area contributed by atoms with Crippen LogP contribution in [0.2, 0.25) is 0 Å². The van der Waals surface area contributed by atoms with E-state index in [9.17, 15) is 14.4 Å². The standard InChI is InChI=1S/C13H23NO5/c1-12(2,3)18-10(16)9(7-8-15)14-11(17)19-13(4,5)6/h8-9H,7H2,1-6H3,(H,14,17)/t9-/m1/s1. The van der Waals surface area contributed by atoms with E-state index in [1.807, 2.05) is 0 Å². The smallest absolute Gasteiger partial charge is 0.408 e. The van der Waals surface area contributed by atoms with E-state index in [4.69, 9.17) is 9.47 Å². The molecule has 0 unspecified atom stereocenters. The minimum absolute atomic E-state index is 0.159. The van der Waals surface area contributed by atoms with Crippen molar-refractivity contribution in [3.8, 4) is 0 Å². The quantitative estimate of drug-likeness (QED) is 0.624. The van der Waals surface area contributed by atoms with Crippen LogP contribution in [0.1, 0.15) is 48.0 Å². The highest BCUT2D eigenvalue weighted by atomic mass is 16.6. The van der Waals surface area contributed by atoms with Crippen LogP contribution in [0.25, 0.3) is 0 Å². The second-order valence-corrected chi connectivity index (χ2v) is 6.13. The molecule has 0 aliphatic heterocycles. The molecular formula is C13H23NO5. The molecule has 0 saturated heterocycles.